The van der Waals surface area contributed by atoms with Crippen molar-refractivity contribution >= 4 is 5.91 Å². The molecule has 6 nitrogen and oxygen atoms in total. The summed E-state index contributed by atoms with van der Waals surface area (Å²) in [5.41, 5.74) is 2.00. The molecule has 0 spiro atoms. The predicted molar refractivity (Wildman–Crippen MR) is 96.7 cm³/mol. The molecule has 0 bridgehead atoms. The molecule has 0 aliphatic carbocycles. The first-order valence-electron chi connectivity index (χ1n) is 8.27. The number of pyridine rings is 1. The molecule has 0 saturated heterocycles. The minimum Gasteiger partial charge on any atom is -0.493 e. The van der Waals surface area contributed by atoms with Gasteiger partial charge in [0, 0.05) is 25.4 Å². The number of benzene rings is 1. The fraction of sp³-hybridized carbons (Fsp3) is 0.368. The SMILES string of the molecule is CNCCC(=O)NC(C)c1ccc(OCc2ccncc2)c(OC)c1. The van der Waals surface area contributed by atoms with Crippen LogP contribution in [0.3, 0.4) is 0 Å². The molecule has 0 aliphatic rings. The molecular weight excluding hydrogens is 318 g/mol. The van der Waals surface area contributed by atoms with Crippen molar-refractivity contribution in [1.29, 1.82) is 0 Å². The average molecular weight is 343 g/mol. The number of nitrogens with one attached hydrogen (secondary N) is 2. The molecule has 0 aliphatic heterocycles. The topological polar surface area (TPSA) is 72.5 Å². The summed E-state index contributed by atoms with van der Waals surface area (Å²) in [6, 6.07) is 9.41. The largest absolute Gasteiger partial charge is 0.493 e. The van der Waals surface area contributed by atoms with Crippen LogP contribution >= 0.6 is 0 Å². The molecule has 2 rings (SSSR count). The summed E-state index contributed by atoms with van der Waals surface area (Å²) in [6.07, 6.45) is 3.92. The molecule has 1 amide bonds. The summed E-state index contributed by atoms with van der Waals surface area (Å²) in [6.45, 7) is 3.04. The van der Waals surface area contributed by atoms with Crippen LogP contribution in [0.25, 0.3) is 0 Å². The highest BCUT2D eigenvalue weighted by molar-refractivity contribution is 5.76. The molecule has 0 saturated carbocycles. The third-order valence-corrected chi connectivity index (χ3v) is 3.81. The minimum absolute atomic E-state index is 0.0128. The minimum atomic E-state index is -0.104. The van der Waals surface area contributed by atoms with E-state index in [0.717, 1.165) is 11.1 Å². The molecule has 1 aromatic carbocycles. The van der Waals surface area contributed by atoms with Crippen molar-refractivity contribution in [2.45, 2.75) is 26.0 Å². The van der Waals surface area contributed by atoms with Gasteiger partial charge in [-0.05, 0) is 49.4 Å². The Balaban J connectivity index is 2.01. The van der Waals surface area contributed by atoms with Gasteiger partial charge >= 0.3 is 0 Å². The second kappa shape index (κ2) is 9.64. The number of aromatic nitrogens is 1. The number of amides is 1. The summed E-state index contributed by atoms with van der Waals surface area (Å²) in [7, 11) is 3.43. The molecule has 0 radical (unpaired) electrons. The first kappa shape index (κ1) is 18.7. The summed E-state index contributed by atoms with van der Waals surface area (Å²) < 4.78 is 11.3. The summed E-state index contributed by atoms with van der Waals surface area (Å²) in [5.74, 6) is 1.32. The molecule has 0 fully saturated rings. The number of carbonyl (C=O) groups is 1. The van der Waals surface area contributed by atoms with Gasteiger partial charge in [-0.2, -0.15) is 0 Å². The van der Waals surface area contributed by atoms with Crippen LogP contribution in [0.4, 0.5) is 0 Å². The molecule has 1 heterocycles. The van der Waals surface area contributed by atoms with E-state index in [9.17, 15) is 4.79 Å². The van der Waals surface area contributed by atoms with E-state index >= 15 is 0 Å². The van der Waals surface area contributed by atoms with Gasteiger partial charge in [-0.3, -0.25) is 9.78 Å². The number of ether oxygens (including phenoxy) is 2. The van der Waals surface area contributed by atoms with Gasteiger partial charge < -0.3 is 20.1 Å². The van der Waals surface area contributed by atoms with E-state index < -0.39 is 0 Å². The van der Waals surface area contributed by atoms with Crippen LogP contribution in [0.15, 0.2) is 42.7 Å². The quantitative estimate of drug-likeness (QED) is 0.732. The van der Waals surface area contributed by atoms with E-state index in [2.05, 4.69) is 15.6 Å². The number of hydrogen-bond donors (Lipinski definition) is 2. The normalized spacial score (nSPS) is 11.6. The van der Waals surface area contributed by atoms with Crippen molar-refractivity contribution in [3.63, 3.8) is 0 Å². The molecule has 2 N–H and O–H groups in total. The highest BCUT2D eigenvalue weighted by Crippen LogP contribution is 2.31. The molecule has 6 heteroatoms. The lowest BCUT2D eigenvalue weighted by Crippen LogP contribution is -2.29. The van der Waals surface area contributed by atoms with Gasteiger partial charge in [-0.1, -0.05) is 6.07 Å². The second-order valence-corrected chi connectivity index (χ2v) is 5.70. The van der Waals surface area contributed by atoms with E-state index in [-0.39, 0.29) is 11.9 Å². The van der Waals surface area contributed by atoms with E-state index in [1.807, 2.05) is 44.3 Å². The number of rotatable bonds is 9. The highest BCUT2D eigenvalue weighted by atomic mass is 16.5. The fourth-order valence-corrected chi connectivity index (χ4v) is 2.35. The van der Waals surface area contributed by atoms with Crippen molar-refractivity contribution < 1.29 is 14.3 Å². The molecular formula is C19H25N3O3. The van der Waals surface area contributed by atoms with Gasteiger partial charge in [0.05, 0.1) is 13.2 Å². The van der Waals surface area contributed by atoms with Gasteiger partial charge in [0.15, 0.2) is 11.5 Å². The summed E-state index contributed by atoms with van der Waals surface area (Å²) in [5, 5.41) is 5.94. The summed E-state index contributed by atoms with van der Waals surface area (Å²) >= 11 is 0. The van der Waals surface area contributed by atoms with Gasteiger partial charge in [0.2, 0.25) is 5.91 Å². The lowest BCUT2D eigenvalue weighted by Gasteiger charge is -2.17. The van der Waals surface area contributed by atoms with Gasteiger partial charge in [-0.25, -0.2) is 0 Å². The Labute approximate surface area is 148 Å². The van der Waals surface area contributed by atoms with Crippen LogP contribution in [0.2, 0.25) is 0 Å². The number of carbonyl (C=O) groups excluding carboxylic acids is 1. The van der Waals surface area contributed by atoms with Crippen LogP contribution in [0.5, 0.6) is 11.5 Å². The van der Waals surface area contributed by atoms with Crippen molar-refractivity contribution in [3.05, 3.63) is 53.9 Å². The van der Waals surface area contributed by atoms with Crippen LogP contribution in [0, 0.1) is 0 Å². The van der Waals surface area contributed by atoms with E-state index in [1.165, 1.54) is 0 Å². The molecule has 2 aromatic rings. The van der Waals surface area contributed by atoms with E-state index in [4.69, 9.17) is 9.47 Å². The van der Waals surface area contributed by atoms with Crippen molar-refractivity contribution in [2.24, 2.45) is 0 Å². The Hall–Kier alpha value is -2.60. The Morgan fingerprint density at radius 3 is 2.64 bits per heavy atom. The first-order chi connectivity index (χ1) is 12.1. The Morgan fingerprint density at radius 2 is 1.96 bits per heavy atom. The average Bonchev–Trinajstić information content (AvgIpc) is 2.65. The van der Waals surface area contributed by atoms with Gasteiger partial charge in [0.25, 0.3) is 0 Å². The smallest absolute Gasteiger partial charge is 0.221 e. The third-order valence-electron chi connectivity index (χ3n) is 3.81. The lowest BCUT2D eigenvalue weighted by atomic mass is 10.1. The summed E-state index contributed by atoms with van der Waals surface area (Å²) in [4.78, 5) is 15.8. The predicted octanol–water partition coefficient (Wildman–Crippen LogP) is 2.46. The fourth-order valence-electron chi connectivity index (χ4n) is 2.35. The van der Waals surface area contributed by atoms with Crippen LogP contribution < -0.4 is 20.1 Å². The van der Waals surface area contributed by atoms with Crippen molar-refractivity contribution in [3.8, 4) is 11.5 Å². The molecule has 1 unspecified atom stereocenters. The first-order valence-corrected chi connectivity index (χ1v) is 8.27. The lowest BCUT2D eigenvalue weighted by molar-refractivity contribution is -0.121. The zero-order valence-electron chi connectivity index (χ0n) is 14.9. The Bertz CT molecular complexity index is 677. The third kappa shape index (κ3) is 5.76. The highest BCUT2D eigenvalue weighted by Gasteiger charge is 2.13. The Kier molecular flexibility index (Phi) is 7.22. The maximum absolute atomic E-state index is 11.9. The maximum Gasteiger partial charge on any atom is 0.221 e. The van der Waals surface area contributed by atoms with Gasteiger partial charge in [-0.15, -0.1) is 0 Å². The molecule has 1 aromatic heterocycles. The zero-order chi connectivity index (χ0) is 18.1. The molecule has 134 valence electrons. The van der Waals surface area contributed by atoms with Crippen LogP contribution in [0.1, 0.15) is 30.5 Å². The van der Waals surface area contributed by atoms with E-state index in [1.54, 1.807) is 19.5 Å². The van der Waals surface area contributed by atoms with E-state index in [0.29, 0.717) is 31.1 Å². The standard InChI is InChI=1S/C19H25N3O3/c1-14(22-19(23)8-9-20-2)16-4-5-17(18(12-16)24-3)25-13-15-6-10-21-11-7-15/h4-7,10-12,14,20H,8-9,13H2,1-3H3,(H,22,23). The number of methoxy groups -OCH3 is 1. The van der Waals surface area contributed by atoms with Crippen LogP contribution in [-0.2, 0) is 11.4 Å². The number of hydrogen-bond acceptors (Lipinski definition) is 5. The zero-order valence-corrected chi connectivity index (χ0v) is 14.9. The van der Waals surface area contributed by atoms with Crippen LogP contribution in [-0.4, -0.2) is 31.6 Å². The molecule has 1 atom stereocenters. The maximum atomic E-state index is 11.9. The molecule has 25 heavy (non-hydrogen) atoms. The second-order valence-electron chi connectivity index (χ2n) is 5.70. The van der Waals surface area contributed by atoms with Crippen molar-refractivity contribution in [1.82, 2.24) is 15.6 Å². The van der Waals surface area contributed by atoms with Gasteiger partial charge in [0.1, 0.15) is 6.61 Å². The number of nitrogens with zero attached hydrogens (tertiary/aromatic N) is 1. The van der Waals surface area contributed by atoms with Crippen molar-refractivity contribution in [2.75, 3.05) is 20.7 Å². The monoisotopic (exact) mass is 343 g/mol. The Morgan fingerprint density at radius 1 is 1.20 bits per heavy atom.